The van der Waals surface area contributed by atoms with Crippen molar-refractivity contribution < 1.29 is 18.0 Å². The quantitative estimate of drug-likeness (QED) is 0.677. The molecule has 1 aliphatic heterocycles. The maximum Gasteiger partial charge on any atom is 0.246 e. The van der Waals surface area contributed by atoms with Crippen LogP contribution in [0.3, 0.4) is 0 Å². The molecular weight excluding hydrogens is 436 g/mol. The molecule has 4 rings (SSSR count). The second kappa shape index (κ2) is 9.29. The molecule has 6 nitrogen and oxygen atoms in total. The first-order valence-corrected chi connectivity index (χ1v) is 13.6. The van der Waals surface area contributed by atoms with Crippen molar-refractivity contribution in [1.29, 1.82) is 0 Å². The molecule has 0 saturated carbocycles. The minimum absolute atomic E-state index is 0.0385. The van der Waals surface area contributed by atoms with E-state index in [1.165, 1.54) is 17.4 Å². The molecule has 176 valence electrons. The molecule has 2 aromatic carbocycles. The van der Waals surface area contributed by atoms with E-state index in [2.05, 4.69) is 17.4 Å². The molecule has 1 aliphatic carbocycles. The van der Waals surface area contributed by atoms with Gasteiger partial charge in [-0.2, -0.15) is 0 Å². The van der Waals surface area contributed by atoms with Gasteiger partial charge in [-0.15, -0.1) is 0 Å². The van der Waals surface area contributed by atoms with Gasteiger partial charge in [-0.1, -0.05) is 63.1 Å². The van der Waals surface area contributed by atoms with Crippen molar-refractivity contribution in [2.24, 2.45) is 11.8 Å². The maximum absolute atomic E-state index is 13.8. The summed E-state index contributed by atoms with van der Waals surface area (Å²) in [6.07, 6.45) is 4.32. The third kappa shape index (κ3) is 4.69. The molecule has 0 aromatic heterocycles. The number of hydrogen-bond donors (Lipinski definition) is 1. The highest BCUT2D eigenvalue weighted by Crippen LogP contribution is 2.33. The van der Waals surface area contributed by atoms with Crippen LogP contribution in [-0.2, 0) is 38.8 Å². The Balaban J connectivity index is 1.62. The fraction of sp³-hybridized carbons (Fsp3) is 0.462. The summed E-state index contributed by atoms with van der Waals surface area (Å²) in [5, 5.41) is 3.08. The number of hydrogen-bond acceptors (Lipinski definition) is 4. The smallest absolute Gasteiger partial charge is 0.246 e. The predicted molar refractivity (Wildman–Crippen MR) is 127 cm³/mol. The molecule has 0 spiro atoms. The van der Waals surface area contributed by atoms with E-state index in [0.29, 0.717) is 0 Å². The lowest BCUT2D eigenvalue weighted by atomic mass is 9.86. The zero-order valence-corrected chi connectivity index (χ0v) is 20.3. The SMILES string of the molecule is CCC(CC)C1C(=O)NC(C2Cc3ccccc3C2)C(=O)N1Cc1ccc(S(C)(=O)=O)cc1. The standard InChI is InChI=1S/C26H32N2O4S/c1-4-18(5-2)24-25(29)27-23(21-14-19-8-6-7-9-20(19)15-21)26(30)28(24)16-17-10-12-22(13-11-17)33(3,31)32/h6-13,18,21,23-24H,4-5,14-16H2,1-3H3,(H,27,29). The van der Waals surface area contributed by atoms with Crippen LogP contribution in [0, 0.1) is 11.8 Å². The van der Waals surface area contributed by atoms with Crippen LogP contribution in [0.5, 0.6) is 0 Å². The molecule has 1 saturated heterocycles. The molecular formula is C26H32N2O4S. The number of piperazine rings is 1. The van der Waals surface area contributed by atoms with Gasteiger partial charge in [0.25, 0.3) is 0 Å². The van der Waals surface area contributed by atoms with E-state index in [4.69, 9.17) is 0 Å². The summed E-state index contributed by atoms with van der Waals surface area (Å²) < 4.78 is 23.6. The molecule has 2 atom stereocenters. The van der Waals surface area contributed by atoms with Gasteiger partial charge in [0, 0.05) is 12.8 Å². The molecule has 2 amide bonds. The largest absolute Gasteiger partial charge is 0.342 e. The van der Waals surface area contributed by atoms with E-state index in [0.717, 1.165) is 31.2 Å². The van der Waals surface area contributed by atoms with Crippen molar-refractivity contribution in [2.75, 3.05) is 6.26 Å². The van der Waals surface area contributed by atoms with Crippen molar-refractivity contribution >= 4 is 21.7 Å². The topological polar surface area (TPSA) is 83.6 Å². The number of nitrogens with one attached hydrogen (secondary N) is 1. The zero-order valence-electron chi connectivity index (χ0n) is 19.5. The van der Waals surface area contributed by atoms with Crippen molar-refractivity contribution in [3.05, 3.63) is 65.2 Å². The number of carbonyl (C=O) groups is 2. The average molecular weight is 469 g/mol. The van der Waals surface area contributed by atoms with Crippen molar-refractivity contribution in [1.82, 2.24) is 10.2 Å². The molecule has 1 fully saturated rings. The number of fused-ring (bicyclic) bond motifs is 1. The molecule has 1 heterocycles. The third-order valence-electron chi connectivity index (χ3n) is 7.20. The highest BCUT2D eigenvalue weighted by atomic mass is 32.2. The summed E-state index contributed by atoms with van der Waals surface area (Å²) in [5.41, 5.74) is 3.30. The minimum atomic E-state index is -3.30. The van der Waals surface area contributed by atoms with Crippen molar-refractivity contribution in [3.63, 3.8) is 0 Å². The van der Waals surface area contributed by atoms with Gasteiger partial charge in [-0.3, -0.25) is 9.59 Å². The highest BCUT2D eigenvalue weighted by molar-refractivity contribution is 7.90. The second-order valence-corrected chi connectivity index (χ2v) is 11.3. The molecule has 2 aliphatic rings. The van der Waals surface area contributed by atoms with E-state index in [9.17, 15) is 18.0 Å². The van der Waals surface area contributed by atoms with Crippen LogP contribution in [0.15, 0.2) is 53.4 Å². The summed E-state index contributed by atoms with van der Waals surface area (Å²) in [4.78, 5) is 29.1. The first-order valence-electron chi connectivity index (χ1n) is 11.7. The van der Waals surface area contributed by atoms with Crippen LogP contribution in [0.1, 0.15) is 43.4 Å². The number of rotatable bonds is 7. The predicted octanol–water partition coefficient (Wildman–Crippen LogP) is 3.14. The second-order valence-electron chi connectivity index (χ2n) is 9.33. The van der Waals surface area contributed by atoms with Crippen LogP contribution in [-0.4, -0.2) is 43.5 Å². The summed E-state index contributed by atoms with van der Waals surface area (Å²) in [6, 6.07) is 13.7. The summed E-state index contributed by atoms with van der Waals surface area (Å²) in [7, 11) is -3.30. The fourth-order valence-corrected chi connectivity index (χ4v) is 5.95. The van der Waals surface area contributed by atoms with Crippen LogP contribution < -0.4 is 5.32 Å². The molecule has 2 aromatic rings. The molecule has 2 unspecified atom stereocenters. The van der Waals surface area contributed by atoms with Gasteiger partial charge >= 0.3 is 0 Å². The average Bonchev–Trinajstić information content (AvgIpc) is 3.22. The van der Waals surface area contributed by atoms with E-state index < -0.39 is 21.9 Å². The Hall–Kier alpha value is -2.67. The summed E-state index contributed by atoms with van der Waals surface area (Å²) in [6.45, 7) is 4.38. The van der Waals surface area contributed by atoms with E-state index in [1.807, 2.05) is 26.0 Å². The third-order valence-corrected chi connectivity index (χ3v) is 8.33. The lowest BCUT2D eigenvalue weighted by Crippen LogP contribution is -2.66. The highest BCUT2D eigenvalue weighted by Gasteiger charge is 2.46. The lowest BCUT2D eigenvalue weighted by molar-refractivity contribution is -0.154. The molecule has 0 bridgehead atoms. The number of sulfone groups is 1. The number of carbonyl (C=O) groups excluding carboxylic acids is 2. The van der Waals surface area contributed by atoms with Gasteiger partial charge in [0.1, 0.15) is 12.1 Å². The van der Waals surface area contributed by atoms with Gasteiger partial charge < -0.3 is 10.2 Å². The molecule has 1 N–H and O–H groups in total. The van der Waals surface area contributed by atoms with E-state index >= 15 is 0 Å². The Kier molecular flexibility index (Phi) is 6.61. The summed E-state index contributed by atoms with van der Waals surface area (Å²) >= 11 is 0. The van der Waals surface area contributed by atoms with Crippen molar-refractivity contribution in [2.45, 2.75) is 63.1 Å². The van der Waals surface area contributed by atoms with Gasteiger partial charge in [0.15, 0.2) is 9.84 Å². The molecule has 7 heteroatoms. The van der Waals surface area contributed by atoms with E-state index in [1.54, 1.807) is 29.2 Å². The molecule has 0 radical (unpaired) electrons. The van der Waals surface area contributed by atoms with Crippen LogP contribution >= 0.6 is 0 Å². The number of amides is 2. The first-order chi connectivity index (χ1) is 15.7. The monoisotopic (exact) mass is 468 g/mol. The Labute approximate surface area is 196 Å². The van der Waals surface area contributed by atoms with Gasteiger partial charge in [-0.25, -0.2) is 8.42 Å². The lowest BCUT2D eigenvalue weighted by Gasteiger charge is -2.43. The minimum Gasteiger partial charge on any atom is -0.342 e. The van der Waals surface area contributed by atoms with Crippen molar-refractivity contribution in [3.8, 4) is 0 Å². The van der Waals surface area contributed by atoms with Gasteiger partial charge in [0.2, 0.25) is 11.8 Å². The van der Waals surface area contributed by atoms with Crippen LogP contribution in [0.4, 0.5) is 0 Å². The van der Waals surface area contributed by atoms with E-state index in [-0.39, 0.29) is 35.1 Å². The van der Waals surface area contributed by atoms with Crippen LogP contribution in [0.25, 0.3) is 0 Å². The number of nitrogens with zero attached hydrogens (tertiary/aromatic N) is 1. The fourth-order valence-electron chi connectivity index (χ4n) is 5.32. The zero-order chi connectivity index (χ0) is 23.8. The molecule has 33 heavy (non-hydrogen) atoms. The normalized spacial score (nSPS) is 21.4. The van der Waals surface area contributed by atoms with Gasteiger partial charge in [-0.05, 0) is 53.5 Å². The first kappa shape index (κ1) is 23.5. The Morgan fingerprint density at radius 3 is 2.06 bits per heavy atom. The summed E-state index contributed by atoms with van der Waals surface area (Å²) in [5.74, 6) is -0.0314. The Bertz CT molecular complexity index is 1110. The van der Waals surface area contributed by atoms with Crippen LogP contribution in [0.2, 0.25) is 0 Å². The maximum atomic E-state index is 13.8. The Morgan fingerprint density at radius 1 is 0.970 bits per heavy atom. The Morgan fingerprint density at radius 2 is 1.55 bits per heavy atom. The number of benzene rings is 2. The van der Waals surface area contributed by atoms with Gasteiger partial charge in [0.05, 0.1) is 4.90 Å².